The number of likely N-dealkylation sites (tertiary alicyclic amines) is 1. The summed E-state index contributed by atoms with van der Waals surface area (Å²) in [5, 5.41) is 3.92. The summed E-state index contributed by atoms with van der Waals surface area (Å²) in [4.78, 5) is 17.9. The van der Waals surface area contributed by atoms with E-state index in [1.807, 2.05) is 31.2 Å². The molecule has 0 radical (unpaired) electrons. The van der Waals surface area contributed by atoms with Crippen LogP contribution in [0.15, 0.2) is 48.5 Å². The Morgan fingerprint density at radius 1 is 0.921 bits per heavy atom. The fraction of sp³-hybridized carbons (Fsp3) is 0.467. The van der Waals surface area contributed by atoms with Crippen molar-refractivity contribution < 1.29 is 18.0 Å². The molecule has 3 aliphatic rings. The van der Waals surface area contributed by atoms with Crippen LogP contribution in [0.3, 0.4) is 0 Å². The Labute approximate surface area is 221 Å². The van der Waals surface area contributed by atoms with Crippen LogP contribution in [0.1, 0.15) is 71.9 Å². The monoisotopic (exact) mass is 522 g/mol. The lowest BCUT2D eigenvalue weighted by atomic mass is 9.91. The number of aryl methyl sites for hydroxylation is 1. The zero-order chi connectivity index (χ0) is 26.5. The fourth-order valence-corrected chi connectivity index (χ4v) is 6.10. The summed E-state index contributed by atoms with van der Waals surface area (Å²) in [6, 6.07) is 15.3. The number of aromatic nitrogens is 2. The fourth-order valence-electron chi connectivity index (χ4n) is 6.10. The zero-order valence-electron chi connectivity index (χ0n) is 21.7. The smallest absolute Gasteiger partial charge is 0.307 e. The number of hydrogen-bond donors (Lipinski definition) is 0. The topological polar surface area (TPSA) is 41.4 Å². The van der Waals surface area contributed by atoms with E-state index in [2.05, 4.69) is 22.1 Å². The molecule has 2 fully saturated rings. The first-order valence-electron chi connectivity index (χ1n) is 13.7. The van der Waals surface area contributed by atoms with Gasteiger partial charge in [-0.3, -0.25) is 4.79 Å². The van der Waals surface area contributed by atoms with Crippen LogP contribution in [-0.2, 0) is 24.4 Å². The molecule has 3 heterocycles. The molecule has 0 atom stereocenters. The third kappa shape index (κ3) is 4.53. The average Bonchev–Trinajstić information content (AvgIpc) is 3.32. The summed E-state index contributed by atoms with van der Waals surface area (Å²) in [6.45, 7) is 5.72. The van der Waals surface area contributed by atoms with E-state index in [9.17, 15) is 18.0 Å². The highest BCUT2D eigenvalue weighted by Gasteiger charge is 2.45. The molecule has 1 amide bonds. The summed E-state index contributed by atoms with van der Waals surface area (Å²) in [5.74, 6) is -0.447. The molecule has 8 heteroatoms. The maximum absolute atomic E-state index is 13.9. The molecule has 2 aromatic carbocycles. The van der Waals surface area contributed by atoms with Crippen LogP contribution in [0.25, 0.3) is 5.69 Å². The molecular weight excluding hydrogens is 489 g/mol. The number of hydrogen-bond acceptors (Lipinski definition) is 3. The van der Waals surface area contributed by atoms with Gasteiger partial charge < -0.3 is 9.80 Å². The van der Waals surface area contributed by atoms with Gasteiger partial charge in [0, 0.05) is 17.8 Å². The maximum Gasteiger partial charge on any atom is 0.435 e. The Balaban J connectivity index is 1.27. The number of carbonyl (C=O) groups excluding carboxylic acids is 1. The minimum absolute atomic E-state index is 0.00109. The van der Waals surface area contributed by atoms with E-state index >= 15 is 0 Å². The lowest BCUT2D eigenvalue weighted by Gasteiger charge is -2.28. The van der Waals surface area contributed by atoms with E-state index in [0.29, 0.717) is 11.4 Å². The van der Waals surface area contributed by atoms with E-state index in [1.54, 1.807) is 17.0 Å². The first-order valence-corrected chi connectivity index (χ1v) is 13.7. The molecule has 200 valence electrons. The summed E-state index contributed by atoms with van der Waals surface area (Å²) >= 11 is 0. The van der Waals surface area contributed by atoms with Gasteiger partial charge in [0.05, 0.1) is 5.69 Å². The van der Waals surface area contributed by atoms with Crippen molar-refractivity contribution in [2.45, 2.75) is 63.5 Å². The first-order chi connectivity index (χ1) is 18.3. The highest BCUT2D eigenvalue weighted by atomic mass is 19.4. The Morgan fingerprint density at radius 2 is 1.58 bits per heavy atom. The molecule has 6 rings (SSSR count). The third-order valence-corrected chi connectivity index (χ3v) is 8.62. The molecule has 3 aromatic rings. The van der Waals surface area contributed by atoms with Gasteiger partial charge in [0.15, 0.2) is 5.69 Å². The van der Waals surface area contributed by atoms with Crippen LogP contribution in [0.5, 0.6) is 0 Å². The van der Waals surface area contributed by atoms with E-state index in [-0.39, 0.29) is 29.6 Å². The van der Waals surface area contributed by atoms with Crippen molar-refractivity contribution in [2.24, 2.45) is 0 Å². The number of nitrogens with zero attached hydrogens (tertiary/aromatic N) is 4. The van der Waals surface area contributed by atoms with E-state index in [4.69, 9.17) is 0 Å². The standard InChI is InChI=1S/C30H33F3N4O/c1-2-21-5-9-24(10-6-21)37-26-25(27(34-37)30(31,32)33)13-19-36(28(26)38)23-11-7-22(8-12-23)29(14-15-29)16-20-35-17-3-4-18-35/h5-12H,2-4,13-20H2,1H3. The van der Waals surface area contributed by atoms with Crippen molar-refractivity contribution in [1.82, 2.24) is 14.7 Å². The number of halogens is 3. The van der Waals surface area contributed by atoms with Crippen LogP contribution in [0, 0.1) is 0 Å². The number of anilines is 1. The normalized spacial score (nSPS) is 19.2. The van der Waals surface area contributed by atoms with Crippen LogP contribution in [0.2, 0.25) is 0 Å². The van der Waals surface area contributed by atoms with Gasteiger partial charge in [-0.15, -0.1) is 0 Å². The number of alkyl halides is 3. The van der Waals surface area contributed by atoms with Gasteiger partial charge in [0.1, 0.15) is 5.69 Å². The second-order valence-corrected chi connectivity index (χ2v) is 10.9. The van der Waals surface area contributed by atoms with Gasteiger partial charge >= 0.3 is 6.18 Å². The summed E-state index contributed by atoms with van der Waals surface area (Å²) in [5.41, 5.74) is 2.76. The van der Waals surface area contributed by atoms with Crippen molar-refractivity contribution in [3.63, 3.8) is 0 Å². The first kappa shape index (κ1) is 25.2. The highest BCUT2D eigenvalue weighted by molar-refractivity contribution is 6.07. The van der Waals surface area contributed by atoms with Crippen molar-refractivity contribution in [1.29, 1.82) is 0 Å². The SMILES string of the molecule is CCc1ccc(-n2nc(C(F)(F)F)c3c2C(=O)N(c2ccc(C4(CCN5CCCC5)CC4)cc2)CC3)cc1. The van der Waals surface area contributed by atoms with Gasteiger partial charge in [-0.05, 0) is 105 Å². The van der Waals surface area contributed by atoms with Gasteiger partial charge in [-0.2, -0.15) is 18.3 Å². The lowest BCUT2D eigenvalue weighted by molar-refractivity contribution is -0.141. The number of amides is 1. The Hall–Kier alpha value is -3.13. The molecule has 1 saturated carbocycles. The number of fused-ring (bicyclic) bond motifs is 1. The molecule has 1 saturated heterocycles. The molecule has 5 nitrogen and oxygen atoms in total. The quantitative estimate of drug-likeness (QED) is 0.373. The van der Waals surface area contributed by atoms with Gasteiger partial charge in [-0.1, -0.05) is 31.2 Å². The Bertz CT molecular complexity index is 1320. The molecule has 0 spiro atoms. The van der Waals surface area contributed by atoms with E-state index in [1.165, 1.54) is 49.0 Å². The predicted octanol–water partition coefficient (Wildman–Crippen LogP) is 6.17. The van der Waals surface area contributed by atoms with E-state index < -0.39 is 17.8 Å². The number of carbonyl (C=O) groups is 1. The van der Waals surface area contributed by atoms with E-state index in [0.717, 1.165) is 24.9 Å². The van der Waals surface area contributed by atoms with Crippen LogP contribution in [-0.4, -0.2) is 46.8 Å². The molecule has 1 aliphatic carbocycles. The van der Waals surface area contributed by atoms with Gasteiger partial charge in [-0.25, -0.2) is 4.68 Å². The van der Waals surface area contributed by atoms with Crippen molar-refractivity contribution in [2.75, 3.05) is 31.1 Å². The average molecular weight is 523 g/mol. The van der Waals surface area contributed by atoms with Crippen molar-refractivity contribution in [3.8, 4) is 5.69 Å². The minimum Gasteiger partial charge on any atom is -0.307 e. The van der Waals surface area contributed by atoms with Crippen LogP contribution in [0.4, 0.5) is 18.9 Å². The van der Waals surface area contributed by atoms with Gasteiger partial charge in [0.25, 0.3) is 5.91 Å². The second kappa shape index (κ2) is 9.56. The molecule has 0 bridgehead atoms. The molecule has 1 aromatic heterocycles. The molecular formula is C30H33F3N4O. The zero-order valence-corrected chi connectivity index (χ0v) is 21.7. The molecule has 2 aliphatic heterocycles. The van der Waals surface area contributed by atoms with Crippen LogP contribution >= 0.6 is 0 Å². The second-order valence-electron chi connectivity index (χ2n) is 10.9. The predicted molar refractivity (Wildman–Crippen MR) is 141 cm³/mol. The lowest BCUT2D eigenvalue weighted by Crippen LogP contribution is -2.39. The molecule has 0 unspecified atom stereocenters. The minimum atomic E-state index is -4.63. The summed E-state index contributed by atoms with van der Waals surface area (Å²) < 4.78 is 42.9. The molecule has 0 N–H and O–H groups in total. The van der Waals surface area contributed by atoms with Gasteiger partial charge in [0.2, 0.25) is 0 Å². The maximum atomic E-state index is 13.9. The third-order valence-electron chi connectivity index (χ3n) is 8.62. The number of benzene rings is 2. The Morgan fingerprint density at radius 3 is 2.18 bits per heavy atom. The summed E-state index contributed by atoms with van der Waals surface area (Å²) in [7, 11) is 0. The van der Waals surface area contributed by atoms with Crippen molar-refractivity contribution in [3.05, 3.63) is 76.6 Å². The largest absolute Gasteiger partial charge is 0.435 e. The summed E-state index contributed by atoms with van der Waals surface area (Å²) in [6.07, 6.45) is 2.38. The van der Waals surface area contributed by atoms with Crippen LogP contribution < -0.4 is 4.90 Å². The molecule has 38 heavy (non-hydrogen) atoms. The van der Waals surface area contributed by atoms with Crippen molar-refractivity contribution >= 4 is 11.6 Å². The highest BCUT2D eigenvalue weighted by Crippen LogP contribution is 2.51. The Kier molecular flexibility index (Phi) is 6.33. The number of rotatable bonds is 7.